The molecule has 1 amide bonds. The van der Waals surface area contributed by atoms with Crippen LogP contribution in [-0.4, -0.2) is 21.9 Å². The third-order valence-electron chi connectivity index (χ3n) is 3.20. The second kappa shape index (κ2) is 6.57. The Bertz CT molecular complexity index is 516. The van der Waals surface area contributed by atoms with Gasteiger partial charge in [-0.2, -0.15) is 0 Å². The fourth-order valence-electron chi connectivity index (χ4n) is 2.01. The van der Waals surface area contributed by atoms with Crippen LogP contribution < -0.4 is 0 Å². The molecule has 4 heteroatoms. The lowest BCUT2D eigenvalue weighted by atomic mass is 10.2. The van der Waals surface area contributed by atoms with Crippen molar-refractivity contribution < 1.29 is 4.79 Å². The summed E-state index contributed by atoms with van der Waals surface area (Å²) in [6.07, 6.45) is 4.16. The van der Waals surface area contributed by atoms with Gasteiger partial charge in [0.05, 0.1) is 11.4 Å². The van der Waals surface area contributed by atoms with E-state index >= 15 is 0 Å². The topological polar surface area (TPSA) is 25.2 Å². The highest BCUT2D eigenvalue weighted by Crippen LogP contribution is 2.15. The van der Waals surface area contributed by atoms with Crippen molar-refractivity contribution in [2.45, 2.75) is 26.3 Å². The Kier molecular flexibility index (Phi) is 4.80. The molecule has 0 bridgehead atoms. The molecule has 0 fully saturated rings. The molecule has 0 aliphatic heterocycles. The molecular weight excluding hydrogens is 256 g/mol. The molecule has 0 spiro atoms. The van der Waals surface area contributed by atoms with Crippen molar-refractivity contribution in [3.05, 3.63) is 46.4 Å². The first-order valence-corrected chi connectivity index (χ1v) is 7.53. The van der Waals surface area contributed by atoms with Crippen LogP contribution in [0.25, 0.3) is 0 Å². The van der Waals surface area contributed by atoms with Crippen molar-refractivity contribution in [3.8, 4) is 0 Å². The summed E-state index contributed by atoms with van der Waals surface area (Å²) in [5.74, 6) is 0.143. The van der Waals surface area contributed by atoms with Crippen LogP contribution in [0, 0.1) is 0 Å². The van der Waals surface area contributed by atoms with Crippen LogP contribution in [0.5, 0.6) is 0 Å². The lowest BCUT2D eigenvalue weighted by Gasteiger charge is -2.22. The summed E-state index contributed by atoms with van der Waals surface area (Å²) in [7, 11) is 2.02. The van der Waals surface area contributed by atoms with Crippen molar-refractivity contribution in [2.75, 3.05) is 6.54 Å². The summed E-state index contributed by atoms with van der Waals surface area (Å²) in [6, 6.07) is 7.92. The lowest BCUT2D eigenvalue weighted by molar-refractivity contribution is 0.0742. The first kappa shape index (κ1) is 13.9. The number of rotatable bonds is 6. The molecule has 2 rings (SSSR count). The zero-order valence-electron chi connectivity index (χ0n) is 11.5. The molecule has 0 radical (unpaired) electrons. The maximum atomic E-state index is 12.5. The summed E-state index contributed by atoms with van der Waals surface area (Å²) >= 11 is 1.51. The van der Waals surface area contributed by atoms with E-state index in [1.54, 1.807) is 0 Å². The minimum Gasteiger partial charge on any atom is -0.353 e. The highest BCUT2D eigenvalue weighted by Gasteiger charge is 2.17. The predicted molar refractivity (Wildman–Crippen MR) is 79.4 cm³/mol. The summed E-state index contributed by atoms with van der Waals surface area (Å²) in [5.41, 5.74) is 1.17. The van der Waals surface area contributed by atoms with Gasteiger partial charge in [-0.05, 0) is 30.0 Å². The van der Waals surface area contributed by atoms with E-state index < -0.39 is 0 Å². The Morgan fingerprint density at radius 2 is 2.21 bits per heavy atom. The van der Waals surface area contributed by atoms with E-state index in [1.165, 1.54) is 17.0 Å². The van der Waals surface area contributed by atoms with Gasteiger partial charge in [0.15, 0.2) is 0 Å². The van der Waals surface area contributed by atoms with E-state index in [0.29, 0.717) is 6.54 Å². The summed E-state index contributed by atoms with van der Waals surface area (Å²) in [6.45, 7) is 3.65. The second-order valence-corrected chi connectivity index (χ2v) is 5.62. The van der Waals surface area contributed by atoms with Gasteiger partial charge in [0.25, 0.3) is 5.91 Å². The molecule has 3 nitrogen and oxygen atoms in total. The van der Waals surface area contributed by atoms with Gasteiger partial charge in [-0.3, -0.25) is 4.79 Å². The molecule has 102 valence electrons. The molecule has 19 heavy (non-hydrogen) atoms. The number of hydrogen-bond donors (Lipinski definition) is 0. The normalized spacial score (nSPS) is 10.6. The predicted octanol–water partition coefficient (Wildman–Crippen LogP) is 3.53. The molecule has 2 aromatic rings. The Morgan fingerprint density at radius 3 is 2.79 bits per heavy atom. The van der Waals surface area contributed by atoms with E-state index in [1.807, 2.05) is 41.7 Å². The van der Waals surface area contributed by atoms with Gasteiger partial charge >= 0.3 is 0 Å². The number of unbranched alkanes of at least 4 members (excludes halogenated alkanes) is 1. The molecular formula is C15H20N2OS. The lowest BCUT2D eigenvalue weighted by Crippen LogP contribution is -2.31. The van der Waals surface area contributed by atoms with Gasteiger partial charge in [-0.1, -0.05) is 19.4 Å². The first-order valence-electron chi connectivity index (χ1n) is 6.65. The molecule has 0 saturated heterocycles. The highest BCUT2D eigenvalue weighted by atomic mass is 32.1. The third kappa shape index (κ3) is 3.47. The van der Waals surface area contributed by atoms with Crippen LogP contribution in [0.2, 0.25) is 0 Å². The van der Waals surface area contributed by atoms with E-state index in [2.05, 4.69) is 17.6 Å². The van der Waals surface area contributed by atoms with E-state index in [9.17, 15) is 4.79 Å². The minimum absolute atomic E-state index is 0.143. The maximum absolute atomic E-state index is 12.5. The quantitative estimate of drug-likeness (QED) is 0.792. The van der Waals surface area contributed by atoms with Crippen molar-refractivity contribution >= 4 is 17.2 Å². The van der Waals surface area contributed by atoms with E-state index in [4.69, 9.17) is 0 Å². The fraction of sp³-hybridized carbons (Fsp3) is 0.400. The van der Waals surface area contributed by atoms with Gasteiger partial charge in [0.2, 0.25) is 0 Å². The van der Waals surface area contributed by atoms with Gasteiger partial charge in [0.1, 0.15) is 0 Å². The average Bonchev–Trinajstić information content (AvgIpc) is 3.05. The van der Waals surface area contributed by atoms with Crippen LogP contribution in [0.3, 0.4) is 0 Å². The maximum Gasteiger partial charge on any atom is 0.264 e. The van der Waals surface area contributed by atoms with Gasteiger partial charge < -0.3 is 9.47 Å². The standard InChI is InChI=1S/C15H20N2OS/c1-3-4-10-17(12-13-7-5-9-16(13)2)15(18)14-8-6-11-19-14/h5-9,11H,3-4,10,12H2,1-2H3. The molecule has 0 aromatic carbocycles. The first-order chi connectivity index (χ1) is 9.22. The van der Waals surface area contributed by atoms with Crippen molar-refractivity contribution in [1.82, 2.24) is 9.47 Å². The monoisotopic (exact) mass is 276 g/mol. The molecule has 0 unspecified atom stereocenters. The Labute approximate surface area is 118 Å². The number of carbonyl (C=O) groups excluding carboxylic acids is 1. The number of carbonyl (C=O) groups is 1. The van der Waals surface area contributed by atoms with Crippen molar-refractivity contribution in [3.63, 3.8) is 0 Å². The zero-order valence-corrected chi connectivity index (χ0v) is 12.3. The Hall–Kier alpha value is -1.55. The number of amides is 1. The second-order valence-electron chi connectivity index (χ2n) is 4.67. The van der Waals surface area contributed by atoms with Gasteiger partial charge in [0, 0.05) is 25.5 Å². The summed E-state index contributed by atoms with van der Waals surface area (Å²) < 4.78 is 2.07. The van der Waals surface area contributed by atoms with E-state index in [0.717, 1.165) is 24.3 Å². The largest absolute Gasteiger partial charge is 0.353 e. The van der Waals surface area contributed by atoms with Crippen molar-refractivity contribution in [1.29, 1.82) is 0 Å². The van der Waals surface area contributed by atoms with E-state index in [-0.39, 0.29) is 5.91 Å². The SMILES string of the molecule is CCCCN(Cc1cccn1C)C(=O)c1cccs1. The molecule has 2 aromatic heterocycles. The highest BCUT2D eigenvalue weighted by molar-refractivity contribution is 7.12. The molecule has 0 N–H and O–H groups in total. The fourth-order valence-corrected chi connectivity index (χ4v) is 2.70. The summed E-state index contributed by atoms with van der Waals surface area (Å²) in [5, 5.41) is 1.95. The van der Waals surface area contributed by atoms with Crippen LogP contribution >= 0.6 is 11.3 Å². The molecule has 2 heterocycles. The Morgan fingerprint density at radius 1 is 1.37 bits per heavy atom. The third-order valence-corrected chi connectivity index (χ3v) is 4.06. The summed E-state index contributed by atoms with van der Waals surface area (Å²) in [4.78, 5) is 15.2. The number of hydrogen-bond acceptors (Lipinski definition) is 2. The van der Waals surface area contributed by atoms with Crippen LogP contribution in [0.4, 0.5) is 0 Å². The molecule has 0 atom stereocenters. The Balaban J connectivity index is 2.11. The van der Waals surface area contributed by atoms with Crippen molar-refractivity contribution in [2.24, 2.45) is 7.05 Å². The number of aryl methyl sites for hydroxylation is 1. The van der Waals surface area contributed by atoms with Gasteiger partial charge in [-0.15, -0.1) is 11.3 Å². The van der Waals surface area contributed by atoms with Gasteiger partial charge in [-0.25, -0.2) is 0 Å². The molecule has 0 saturated carbocycles. The smallest absolute Gasteiger partial charge is 0.264 e. The number of thiophene rings is 1. The van der Waals surface area contributed by atoms with Crippen LogP contribution in [0.15, 0.2) is 35.8 Å². The number of nitrogens with zero attached hydrogens (tertiary/aromatic N) is 2. The number of aromatic nitrogens is 1. The minimum atomic E-state index is 0.143. The van der Waals surface area contributed by atoms with Crippen LogP contribution in [0.1, 0.15) is 35.1 Å². The average molecular weight is 276 g/mol. The zero-order chi connectivity index (χ0) is 13.7. The van der Waals surface area contributed by atoms with Crippen LogP contribution in [-0.2, 0) is 13.6 Å². The molecule has 0 aliphatic rings. The molecule has 0 aliphatic carbocycles.